The summed E-state index contributed by atoms with van der Waals surface area (Å²) >= 11 is 0. The van der Waals surface area contributed by atoms with Crippen LogP contribution in [-0.4, -0.2) is 35.9 Å². The summed E-state index contributed by atoms with van der Waals surface area (Å²) in [6, 6.07) is 0. The fraction of sp³-hybridized carbons (Fsp3) is 0.667. The van der Waals surface area contributed by atoms with Gasteiger partial charge in [0.25, 0.3) is 5.91 Å². The molecular weight excluding hydrogens is 232 g/mol. The van der Waals surface area contributed by atoms with E-state index in [9.17, 15) is 4.79 Å². The summed E-state index contributed by atoms with van der Waals surface area (Å²) in [6.07, 6.45) is 4.50. The summed E-state index contributed by atoms with van der Waals surface area (Å²) in [5.74, 6) is -0.154. The zero-order valence-corrected chi connectivity index (χ0v) is 11.1. The normalized spacial score (nSPS) is 10.6. The lowest BCUT2D eigenvalue weighted by molar-refractivity contribution is 0.0943. The number of rotatable bonds is 8. The molecule has 1 amide bonds. The van der Waals surface area contributed by atoms with E-state index < -0.39 is 0 Å². The number of hydrogen-bond acceptors (Lipinski definition) is 4. The number of aryl methyl sites for hydroxylation is 1. The van der Waals surface area contributed by atoms with Gasteiger partial charge in [-0.25, -0.2) is 0 Å². The molecule has 6 heteroatoms. The second-order valence-corrected chi connectivity index (χ2v) is 4.07. The zero-order chi connectivity index (χ0) is 13.4. The van der Waals surface area contributed by atoms with Gasteiger partial charge in [0.1, 0.15) is 5.69 Å². The summed E-state index contributed by atoms with van der Waals surface area (Å²) in [5.41, 5.74) is 6.61. The van der Waals surface area contributed by atoms with Crippen molar-refractivity contribution < 1.29 is 9.53 Å². The predicted molar refractivity (Wildman–Crippen MR) is 70.4 cm³/mol. The molecule has 1 aromatic heterocycles. The van der Waals surface area contributed by atoms with Crippen molar-refractivity contribution in [2.75, 3.05) is 26.0 Å². The molecule has 0 unspecified atom stereocenters. The quantitative estimate of drug-likeness (QED) is 0.679. The lowest BCUT2D eigenvalue weighted by atomic mass is 10.2. The van der Waals surface area contributed by atoms with Crippen LogP contribution < -0.4 is 11.1 Å². The van der Waals surface area contributed by atoms with Crippen LogP contribution in [0, 0.1) is 0 Å². The van der Waals surface area contributed by atoms with Crippen molar-refractivity contribution in [2.24, 2.45) is 0 Å². The van der Waals surface area contributed by atoms with Crippen molar-refractivity contribution in [1.82, 2.24) is 15.1 Å². The fourth-order valence-corrected chi connectivity index (χ4v) is 1.72. The number of nitrogens with two attached hydrogens (primary N) is 1. The minimum Gasteiger partial charge on any atom is -0.396 e. The SMILES string of the molecule is CCn1ncc(N)c1C(=O)NCCCCCOC. The molecule has 0 saturated carbocycles. The molecule has 0 aliphatic heterocycles. The Morgan fingerprint density at radius 2 is 2.28 bits per heavy atom. The largest absolute Gasteiger partial charge is 0.396 e. The number of anilines is 1. The molecule has 1 heterocycles. The van der Waals surface area contributed by atoms with Gasteiger partial charge >= 0.3 is 0 Å². The van der Waals surface area contributed by atoms with E-state index in [1.54, 1.807) is 11.8 Å². The van der Waals surface area contributed by atoms with Gasteiger partial charge < -0.3 is 15.8 Å². The van der Waals surface area contributed by atoms with Gasteiger partial charge in [-0.3, -0.25) is 9.48 Å². The number of aromatic nitrogens is 2. The van der Waals surface area contributed by atoms with E-state index in [-0.39, 0.29) is 5.91 Å². The molecule has 0 saturated heterocycles. The van der Waals surface area contributed by atoms with Crippen molar-refractivity contribution in [3.05, 3.63) is 11.9 Å². The first kappa shape index (κ1) is 14.5. The zero-order valence-electron chi connectivity index (χ0n) is 11.1. The summed E-state index contributed by atoms with van der Waals surface area (Å²) in [4.78, 5) is 11.9. The third-order valence-electron chi connectivity index (χ3n) is 2.69. The maximum absolute atomic E-state index is 11.9. The average molecular weight is 254 g/mol. The highest BCUT2D eigenvalue weighted by Crippen LogP contribution is 2.10. The molecular formula is C12H22N4O2. The Morgan fingerprint density at radius 3 is 2.94 bits per heavy atom. The van der Waals surface area contributed by atoms with Crippen LogP contribution in [-0.2, 0) is 11.3 Å². The molecule has 18 heavy (non-hydrogen) atoms. The standard InChI is InChI=1S/C12H22N4O2/c1-3-16-11(10(13)9-15-16)12(17)14-7-5-4-6-8-18-2/h9H,3-8,13H2,1-2H3,(H,14,17). The number of nitrogen functional groups attached to an aromatic ring is 1. The van der Waals surface area contributed by atoms with Crippen molar-refractivity contribution in [3.8, 4) is 0 Å². The Hall–Kier alpha value is -1.56. The minimum atomic E-state index is -0.154. The maximum atomic E-state index is 11.9. The number of methoxy groups -OCH3 is 1. The Kier molecular flexibility index (Phi) is 6.21. The van der Waals surface area contributed by atoms with Gasteiger partial charge in [0.05, 0.1) is 11.9 Å². The Morgan fingerprint density at radius 1 is 1.50 bits per heavy atom. The molecule has 0 spiro atoms. The topological polar surface area (TPSA) is 82.2 Å². The molecule has 0 fully saturated rings. The van der Waals surface area contributed by atoms with Gasteiger partial charge in [-0.05, 0) is 26.2 Å². The van der Waals surface area contributed by atoms with Crippen LogP contribution in [0.2, 0.25) is 0 Å². The second-order valence-electron chi connectivity index (χ2n) is 4.07. The number of ether oxygens (including phenoxy) is 1. The molecule has 0 aromatic carbocycles. The minimum absolute atomic E-state index is 0.154. The number of carbonyl (C=O) groups is 1. The second kappa shape index (κ2) is 7.71. The van der Waals surface area contributed by atoms with Crippen LogP contribution in [0.4, 0.5) is 5.69 Å². The number of nitrogens with one attached hydrogen (secondary N) is 1. The third-order valence-corrected chi connectivity index (χ3v) is 2.69. The number of amides is 1. The molecule has 6 nitrogen and oxygen atoms in total. The Labute approximate surface area is 107 Å². The molecule has 0 atom stereocenters. The predicted octanol–water partition coefficient (Wildman–Crippen LogP) is 1.03. The van der Waals surface area contributed by atoms with Crippen LogP contribution in [0.25, 0.3) is 0 Å². The first-order valence-electron chi connectivity index (χ1n) is 6.29. The van der Waals surface area contributed by atoms with E-state index in [2.05, 4.69) is 10.4 Å². The van der Waals surface area contributed by atoms with Gasteiger partial charge in [-0.2, -0.15) is 5.10 Å². The summed E-state index contributed by atoms with van der Waals surface area (Å²) in [5, 5.41) is 6.90. The van der Waals surface area contributed by atoms with E-state index in [4.69, 9.17) is 10.5 Å². The van der Waals surface area contributed by atoms with Gasteiger partial charge in [-0.15, -0.1) is 0 Å². The summed E-state index contributed by atoms with van der Waals surface area (Å²) in [6.45, 7) is 3.97. The molecule has 0 radical (unpaired) electrons. The third kappa shape index (κ3) is 4.03. The number of hydrogen-bond donors (Lipinski definition) is 2. The van der Waals surface area contributed by atoms with E-state index in [0.717, 1.165) is 25.9 Å². The smallest absolute Gasteiger partial charge is 0.271 e. The average Bonchev–Trinajstić information content (AvgIpc) is 2.74. The van der Waals surface area contributed by atoms with E-state index in [1.165, 1.54) is 6.20 Å². The van der Waals surface area contributed by atoms with Gasteiger partial charge in [0, 0.05) is 26.8 Å². The van der Waals surface area contributed by atoms with Crippen molar-refractivity contribution >= 4 is 11.6 Å². The lowest BCUT2D eigenvalue weighted by Crippen LogP contribution is -2.27. The maximum Gasteiger partial charge on any atom is 0.271 e. The molecule has 0 aliphatic rings. The highest BCUT2D eigenvalue weighted by molar-refractivity contribution is 5.97. The summed E-state index contributed by atoms with van der Waals surface area (Å²) < 4.78 is 6.57. The van der Waals surface area contributed by atoms with Crippen molar-refractivity contribution in [2.45, 2.75) is 32.7 Å². The van der Waals surface area contributed by atoms with Crippen LogP contribution in [0.15, 0.2) is 6.20 Å². The van der Waals surface area contributed by atoms with Crippen LogP contribution in [0.1, 0.15) is 36.7 Å². The lowest BCUT2D eigenvalue weighted by Gasteiger charge is -2.07. The molecule has 102 valence electrons. The highest BCUT2D eigenvalue weighted by atomic mass is 16.5. The molecule has 1 aromatic rings. The van der Waals surface area contributed by atoms with Crippen molar-refractivity contribution in [1.29, 1.82) is 0 Å². The fourth-order valence-electron chi connectivity index (χ4n) is 1.72. The van der Waals surface area contributed by atoms with Gasteiger partial charge in [-0.1, -0.05) is 0 Å². The van der Waals surface area contributed by atoms with Crippen LogP contribution >= 0.6 is 0 Å². The molecule has 0 bridgehead atoms. The van der Waals surface area contributed by atoms with E-state index in [0.29, 0.717) is 24.5 Å². The Balaban J connectivity index is 2.34. The Bertz CT molecular complexity index is 376. The van der Waals surface area contributed by atoms with E-state index >= 15 is 0 Å². The molecule has 1 rings (SSSR count). The molecule has 3 N–H and O–H groups in total. The number of nitrogens with zero attached hydrogens (tertiary/aromatic N) is 2. The first-order valence-corrected chi connectivity index (χ1v) is 6.29. The molecule has 0 aliphatic carbocycles. The highest BCUT2D eigenvalue weighted by Gasteiger charge is 2.15. The van der Waals surface area contributed by atoms with Crippen LogP contribution in [0.5, 0.6) is 0 Å². The first-order chi connectivity index (χ1) is 8.70. The number of unbranched alkanes of at least 4 members (excludes halogenated alkanes) is 2. The number of carbonyl (C=O) groups excluding carboxylic acids is 1. The summed E-state index contributed by atoms with van der Waals surface area (Å²) in [7, 11) is 1.69. The van der Waals surface area contributed by atoms with Crippen LogP contribution in [0.3, 0.4) is 0 Å². The van der Waals surface area contributed by atoms with Gasteiger partial charge in [0.2, 0.25) is 0 Å². The van der Waals surface area contributed by atoms with Gasteiger partial charge in [0.15, 0.2) is 0 Å². The van der Waals surface area contributed by atoms with E-state index in [1.807, 2.05) is 6.92 Å². The van der Waals surface area contributed by atoms with Crippen molar-refractivity contribution in [3.63, 3.8) is 0 Å². The monoisotopic (exact) mass is 254 g/mol.